The van der Waals surface area contributed by atoms with E-state index in [1.807, 2.05) is 20.8 Å². The van der Waals surface area contributed by atoms with Crippen LogP contribution in [0.15, 0.2) is 24.3 Å². The first-order valence-corrected chi connectivity index (χ1v) is 8.64. The molecule has 4 nitrogen and oxygen atoms in total. The van der Waals surface area contributed by atoms with Crippen molar-refractivity contribution < 1.29 is 18.3 Å². The Bertz CT molecular complexity index is 525. The third-order valence-corrected chi connectivity index (χ3v) is 3.47. The lowest BCUT2D eigenvalue weighted by molar-refractivity contribution is 0.0520. The molecule has 0 fully saturated rings. The van der Waals surface area contributed by atoms with Crippen molar-refractivity contribution in [1.82, 2.24) is 10.6 Å². The van der Waals surface area contributed by atoms with E-state index in [0.717, 1.165) is 12.0 Å². The van der Waals surface area contributed by atoms with Crippen LogP contribution in [0.1, 0.15) is 58.6 Å². The van der Waals surface area contributed by atoms with E-state index in [9.17, 15) is 13.6 Å². The molecule has 0 bridgehead atoms. The van der Waals surface area contributed by atoms with Gasteiger partial charge in [0.2, 0.25) is 0 Å². The monoisotopic (exact) mass is 356 g/mol. The van der Waals surface area contributed by atoms with E-state index in [4.69, 9.17) is 4.74 Å². The van der Waals surface area contributed by atoms with Gasteiger partial charge in [-0.1, -0.05) is 38.1 Å². The number of benzene rings is 1. The summed E-state index contributed by atoms with van der Waals surface area (Å²) in [5.74, 6) is 0.458. The molecule has 0 spiro atoms. The fourth-order valence-electron chi connectivity index (χ4n) is 2.37. The number of carbonyl (C=O) groups is 1. The number of ether oxygens (including phenoxy) is 1. The highest BCUT2D eigenvalue weighted by atomic mass is 19.3. The summed E-state index contributed by atoms with van der Waals surface area (Å²) in [7, 11) is 0. The van der Waals surface area contributed by atoms with Crippen LogP contribution in [-0.2, 0) is 11.3 Å². The van der Waals surface area contributed by atoms with E-state index in [-0.39, 0.29) is 11.6 Å². The molecule has 142 valence electrons. The summed E-state index contributed by atoms with van der Waals surface area (Å²) in [5, 5.41) is 6.16. The number of carbonyl (C=O) groups excluding carboxylic acids is 1. The van der Waals surface area contributed by atoms with Crippen LogP contribution in [0, 0.1) is 5.92 Å². The number of rotatable bonds is 8. The van der Waals surface area contributed by atoms with Gasteiger partial charge in [0.15, 0.2) is 0 Å². The van der Waals surface area contributed by atoms with Crippen LogP contribution in [0.4, 0.5) is 13.6 Å². The topological polar surface area (TPSA) is 50.4 Å². The zero-order valence-corrected chi connectivity index (χ0v) is 15.7. The molecule has 1 amide bonds. The van der Waals surface area contributed by atoms with Gasteiger partial charge in [-0.25, -0.2) is 13.6 Å². The van der Waals surface area contributed by atoms with Gasteiger partial charge < -0.3 is 15.4 Å². The van der Waals surface area contributed by atoms with Crippen LogP contribution in [-0.4, -0.2) is 24.3 Å². The van der Waals surface area contributed by atoms with E-state index in [2.05, 4.69) is 24.5 Å². The van der Waals surface area contributed by atoms with Crippen LogP contribution in [0.5, 0.6) is 0 Å². The lowest BCUT2D eigenvalue weighted by Crippen LogP contribution is -2.43. The zero-order chi connectivity index (χ0) is 19.0. The smallest absolute Gasteiger partial charge is 0.407 e. The minimum absolute atomic E-state index is 0.0223. The zero-order valence-electron chi connectivity index (χ0n) is 15.7. The maximum absolute atomic E-state index is 12.6. The Morgan fingerprint density at radius 3 is 2.24 bits per heavy atom. The van der Waals surface area contributed by atoms with Crippen molar-refractivity contribution in [2.45, 2.75) is 65.7 Å². The van der Waals surface area contributed by atoms with E-state index < -0.39 is 18.1 Å². The molecular weight excluding hydrogens is 326 g/mol. The van der Waals surface area contributed by atoms with Gasteiger partial charge in [-0.15, -0.1) is 0 Å². The van der Waals surface area contributed by atoms with E-state index in [0.29, 0.717) is 19.0 Å². The first-order chi connectivity index (χ1) is 11.6. The van der Waals surface area contributed by atoms with Crippen LogP contribution in [0.3, 0.4) is 0 Å². The second-order valence-electron chi connectivity index (χ2n) is 7.63. The maximum Gasteiger partial charge on any atom is 0.407 e. The number of alkyl carbamates (subject to hydrolysis) is 1. The molecule has 0 aliphatic rings. The molecule has 1 unspecified atom stereocenters. The number of nitrogens with one attached hydrogen (secondary N) is 2. The summed E-state index contributed by atoms with van der Waals surface area (Å²) in [6.45, 7) is 10.7. The van der Waals surface area contributed by atoms with Gasteiger partial charge in [-0.05, 0) is 38.7 Å². The van der Waals surface area contributed by atoms with E-state index in [1.54, 1.807) is 12.1 Å². The Balaban J connectivity index is 2.53. The van der Waals surface area contributed by atoms with Crippen molar-refractivity contribution in [3.8, 4) is 0 Å². The standard InChI is InChI=1S/C19H30F2N2O2/c1-13(2)10-16(12-23-18(24)25-19(3,4)5)22-11-14-6-8-15(9-7-14)17(20)21/h6-9,13,16-17,22H,10-12H2,1-5H3,(H,23,24). The Kier molecular flexibility index (Phi) is 8.29. The van der Waals surface area contributed by atoms with Gasteiger partial charge in [0.1, 0.15) is 5.60 Å². The minimum Gasteiger partial charge on any atom is -0.444 e. The average Bonchev–Trinajstić information content (AvgIpc) is 2.48. The lowest BCUT2D eigenvalue weighted by Gasteiger charge is -2.24. The van der Waals surface area contributed by atoms with Crippen molar-refractivity contribution in [3.05, 3.63) is 35.4 Å². The predicted octanol–water partition coefficient (Wildman–Crippen LogP) is 4.65. The van der Waals surface area contributed by atoms with E-state index >= 15 is 0 Å². The molecule has 25 heavy (non-hydrogen) atoms. The first kappa shape index (κ1) is 21.4. The van der Waals surface area contributed by atoms with Crippen molar-refractivity contribution in [3.63, 3.8) is 0 Å². The predicted molar refractivity (Wildman–Crippen MR) is 95.7 cm³/mol. The second-order valence-corrected chi connectivity index (χ2v) is 7.63. The summed E-state index contributed by atoms with van der Waals surface area (Å²) in [6, 6.07) is 6.35. The molecule has 0 saturated heterocycles. The molecule has 6 heteroatoms. The molecule has 0 aromatic heterocycles. The minimum atomic E-state index is -2.45. The van der Waals surface area contributed by atoms with Gasteiger partial charge in [-0.3, -0.25) is 0 Å². The number of alkyl halides is 2. The summed E-state index contributed by atoms with van der Waals surface area (Å²) in [5.41, 5.74) is 0.418. The van der Waals surface area contributed by atoms with Crippen molar-refractivity contribution in [2.24, 2.45) is 5.92 Å². The van der Waals surface area contributed by atoms with Crippen molar-refractivity contribution in [1.29, 1.82) is 0 Å². The van der Waals surface area contributed by atoms with Gasteiger partial charge in [0.25, 0.3) is 6.43 Å². The Hall–Kier alpha value is -1.69. The fourth-order valence-corrected chi connectivity index (χ4v) is 2.37. The van der Waals surface area contributed by atoms with Gasteiger partial charge >= 0.3 is 6.09 Å². The van der Waals surface area contributed by atoms with Crippen molar-refractivity contribution >= 4 is 6.09 Å². The average molecular weight is 356 g/mol. The Morgan fingerprint density at radius 1 is 1.16 bits per heavy atom. The SMILES string of the molecule is CC(C)CC(CNC(=O)OC(C)(C)C)NCc1ccc(C(F)F)cc1. The quantitative estimate of drug-likeness (QED) is 0.713. The van der Waals surface area contributed by atoms with E-state index in [1.165, 1.54) is 12.1 Å². The molecule has 0 radical (unpaired) electrons. The van der Waals surface area contributed by atoms with Crippen LogP contribution in [0.2, 0.25) is 0 Å². The molecule has 1 rings (SSSR count). The Morgan fingerprint density at radius 2 is 1.76 bits per heavy atom. The van der Waals surface area contributed by atoms with Gasteiger partial charge in [-0.2, -0.15) is 0 Å². The third-order valence-electron chi connectivity index (χ3n) is 3.47. The molecule has 0 heterocycles. The molecule has 0 aliphatic heterocycles. The Labute approximate surface area is 149 Å². The van der Waals surface area contributed by atoms with Crippen LogP contribution >= 0.6 is 0 Å². The lowest BCUT2D eigenvalue weighted by atomic mass is 10.0. The van der Waals surface area contributed by atoms with Gasteiger partial charge in [0, 0.05) is 24.7 Å². The molecule has 1 aromatic carbocycles. The molecule has 0 saturated carbocycles. The molecule has 1 aromatic rings. The van der Waals surface area contributed by atoms with Gasteiger partial charge in [0.05, 0.1) is 0 Å². The highest BCUT2D eigenvalue weighted by molar-refractivity contribution is 5.67. The molecule has 0 aliphatic carbocycles. The third kappa shape index (κ3) is 9.39. The van der Waals surface area contributed by atoms with Crippen molar-refractivity contribution in [2.75, 3.05) is 6.54 Å². The maximum atomic E-state index is 12.6. The summed E-state index contributed by atoms with van der Waals surface area (Å²) < 4.78 is 30.4. The number of hydrogen-bond donors (Lipinski definition) is 2. The van der Waals surface area contributed by atoms with Crippen LogP contribution < -0.4 is 10.6 Å². The number of hydrogen-bond acceptors (Lipinski definition) is 3. The highest BCUT2D eigenvalue weighted by Gasteiger charge is 2.18. The number of halogens is 2. The summed E-state index contributed by atoms with van der Waals surface area (Å²) in [6.07, 6.45) is -2.01. The molecule has 2 N–H and O–H groups in total. The summed E-state index contributed by atoms with van der Waals surface area (Å²) in [4.78, 5) is 11.8. The largest absolute Gasteiger partial charge is 0.444 e. The first-order valence-electron chi connectivity index (χ1n) is 8.64. The highest BCUT2D eigenvalue weighted by Crippen LogP contribution is 2.18. The summed E-state index contributed by atoms with van der Waals surface area (Å²) >= 11 is 0. The molecular formula is C19H30F2N2O2. The van der Waals surface area contributed by atoms with Crippen LogP contribution in [0.25, 0.3) is 0 Å². The number of amides is 1. The normalized spacial score (nSPS) is 13.2. The fraction of sp³-hybridized carbons (Fsp3) is 0.632. The molecule has 1 atom stereocenters. The second kappa shape index (κ2) is 9.70.